The number of nitrogens with one attached hydrogen (secondary N) is 1. The number of rotatable bonds is 8. The van der Waals surface area contributed by atoms with Crippen LogP contribution in [0.5, 0.6) is 0 Å². The minimum atomic E-state index is -0.995. The van der Waals surface area contributed by atoms with Crippen LogP contribution in [0.4, 0.5) is 4.79 Å². The van der Waals surface area contributed by atoms with Crippen LogP contribution in [-0.2, 0) is 19.1 Å². The molecule has 1 heterocycles. The Morgan fingerprint density at radius 1 is 1.00 bits per heavy atom. The molecule has 0 saturated carbocycles. The van der Waals surface area contributed by atoms with Crippen molar-refractivity contribution >= 4 is 18.0 Å². The van der Waals surface area contributed by atoms with Crippen LogP contribution in [-0.4, -0.2) is 66.4 Å². The van der Waals surface area contributed by atoms with E-state index in [0.29, 0.717) is 25.9 Å². The first kappa shape index (κ1) is 24.7. The van der Waals surface area contributed by atoms with Gasteiger partial charge in [-0.15, -0.1) is 0 Å². The van der Waals surface area contributed by atoms with Crippen molar-refractivity contribution in [3.8, 4) is 11.1 Å². The van der Waals surface area contributed by atoms with Gasteiger partial charge in [0.25, 0.3) is 0 Å². The Labute approximate surface area is 205 Å². The molecule has 2 aromatic carbocycles. The van der Waals surface area contributed by atoms with E-state index < -0.39 is 24.0 Å². The molecule has 1 aliphatic carbocycles. The zero-order valence-electron chi connectivity index (χ0n) is 20.1. The topological polar surface area (TPSA) is 105 Å². The quantitative estimate of drug-likeness (QED) is 0.598. The molecule has 2 N–H and O–H groups in total. The van der Waals surface area contributed by atoms with Gasteiger partial charge in [0, 0.05) is 25.0 Å². The van der Waals surface area contributed by atoms with Gasteiger partial charge < -0.3 is 24.8 Å². The summed E-state index contributed by atoms with van der Waals surface area (Å²) in [6.07, 6.45) is 0.501. The summed E-state index contributed by atoms with van der Waals surface area (Å²) in [5.74, 6) is -1.49. The van der Waals surface area contributed by atoms with Crippen molar-refractivity contribution in [3.05, 3.63) is 59.7 Å². The molecule has 0 radical (unpaired) electrons. The van der Waals surface area contributed by atoms with Gasteiger partial charge in [-0.05, 0) is 42.0 Å². The number of likely N-dealkylation sites (tertiary alicyclic amines) is 1. The smallest absolute Gasteiger partial charge is 0.407 e. The van der Waals surface area contributed by atoms with E-state index in [1.54, 1.807) is 18.7 Å². The van der Waals surface area contributed by atoms with E-state index >= 15 is 0 Å². The largest absolute Gasteiger partial charge is 0.480 e. The maximum atomic E-state index is 12.9. The normalized spacial score (nSPS) is 17.3. The molecule has 0 spiro atoms. The fourth-order valence-corrected chi connectivity index (χ4v) is 4.88. The average Bonchev–Trinajstić information content (AvgIpc) is 3.19. The van der Waals surface area contributed by atoms with E-state index in [1.807, 2.05) is 24.3 Å². The zero-order valence-corrected chi connectivity index (χ0v) is 20.1. The maximum absolute atomic E-state index is 12.9. The molecule has 4 rings (SSSR count). The van der Waals surface area contributed by atoms with Gasteiger partial charge in [-0.3, -0.25) is 4.79 Å². The number of hydrogen-bond acceptors (Lipinski definition) is 5. The van der Waals surface area contributed by atoms with Crippen LogP contribution in [0.3, 0.4) is 0 Å². The molecule has 186 valence electrons. The summed E-state index contributed by atoms with van der Waals surface area (Å²) in [5.41, 5.74) is 4.63. The highest BCUT2D eigenvalue weighted by Gasteiger charge is 2.32. The van der Waals surface area contributed by atoms with Crippen LogP contribution in [0.1, 0.15) is 43.7 Å². The molecule has 2 atom stereocenters. The Kier molecular flexibility index (Phi) is 7.70. The third kappa shape index (κ3) is 5.65. The predicted molar refractivity (Wildman–Crippen MR) is 130 cm³/mol. The number of hydrogen-bond donors (Lipinski definition) is 2. The number of fused-ring (bicyclic) bond motifs is 3. The van der Waals surface area contributed by atoms with E-state index in [1.165, 1.54) is 11.1 Å². The van der Waals surface area contributed by atoms with Crippen molar-refractivity contribution in [2.24, 2.45) is 5.92 Å². The molecule has 8 heteroatoms. The van der Waals surface area contributed by atoms with Crippen LogP contribution >= 0.6 is 0 Å². The fraction of sp³-hybridized carbons (Fsp3) is 0.444. The highest BCUT2D eigenvalue weighted by molar-refractivity contribution is 5.81. The standard InChI is InChI=1S/C27H32N2O6/c1-17(26(32)29-13-11-19(12-14-29)34-16-25(30)31)18(2)28-27(33)35-15-24-22-9-5-3-7-20(22)21-8-4-6-10-23(21)24/h3-10,17-19,24H,11-16H2,1-2H3,(H,28,33)(H,30,31). The Bertz CT molecular complexity index is 1030. The molecule has 2 amide bonds. The van der Waals surface area contributed by atoms with Gasteiger partial charge in [-0.25, -0.2) is 9.59 Å². The van der Waals surface area contributed by atoms with E-state index in [9.17, 15) is 14.4 Å². The van der Waals surface area contributed by atoms with E-state index in [4.69, 9.17) is 14.6 Å². The van der Waals surface area contributed by atoms with Crippen molar-refractivity contribution in [3.63, 3.8) is 0 Å². The number of ether oxygens (including phenoxy) is 2. The number of carbonyl (C=O) groups is 3. The molecule has 1 aliphatic heterocycles. The number of amides is 2. The third-order valence-electron chi connectivity index (χ3n) is 7.02. The van der Waals surface area contributed by atoms with Crippen LogP contribution in [0, 0.1) is 5.92 Å². The molecule has 2 unspecified atom stereocenters. The van der Waals surface area contributed by atoms with Gasteiger partial charge in [0.2, 0.25) is 5.91 Å². The fourth-order valence-electron chi connectivity index (χ4n) is 4.88. The number of carboxylic acid groups (broad SMARTS) is 1. The first-order chi connectivity index (χ1) is 16.8. The highest BCUT2D eigenvalue weighted by Crippen LogP contribution is 2.44. The van der Waals surface area contributed by atoms with E-state index in [0.717, 1.165) is 11.1 Å². The number of alkyl carbamates (subject to hydrolysis) is 1. The van der Waals surface area contributed by atoms with Gasteiger partial charge in [-0.2, -0.15) is 0 Å². The number of carbonyl (C=O) groups excluding carboxylic acids is 2. The van der Waals surface area contributed by atoms with Crippen molar-refractivity contribution in [2.45, 2.75) is 44.8 Å². The molecule has 2 aromatic rings. The van der Waals surface area contributed by atoms with Crippen LogP contribution in [0.15, 0.2) is 48.5 Å². The van der Waals surface area contributed by atoms with Crippen molar-refractivity contribution in [2.75, 3.05) is 26.3 Å². The lowest BCUT2D eigenvalue weighted by Crippen LogP contribution is -2.48. The Morgan fingerprint density at radius 3 is 2.14 bits per heavy atom. The molecule has 1 saturated heterocycles. The highest BCUT2D eigenvalue weighted by atomic mass is 16.5. The first-order valence-electron chi connectivity index (χ1n) is 12.1. The summed E-state index contributed by atoms with van der Waals surface area (Å²) >= 11 is 0. The maximum Gasteiger partial charge on any atom is 0.407 e. The SMILES string of the molecule is CC(NC(=O)OCC1c2ccccc2-c2ccccc21)C(C)C(=O)N1CCC(OCC(=O)O)CC1. The van der Waals surface area contributed by atoms with Gasteiger partial charge in [-0.1, -0.05) is 55.5 Å². The number of piperidine rings is 1. The number of benzene rings is 2. The second kappa shape index (κ2) is 10.9. The van der Waals surface area contributed by atoms with Crippen LogP contribution in [0.2, 0.25) is 0 Å². The van der Waals surface area contributed by atoms with Gasteiger partial charge in [0.1, 0.15) is 13.2 Å². The van der Waals surface area contributed by atoms with Gasteiger partial charge in [0.05, 0.1) is 12.0 Å². The van der Waals surface area contributed by atoms with Crippen molar-refractivity contribution in [1.82, 2.24) is 10.2 Å². The minimum absolute atomic E-state index is 0.0212. The Balaban J connectivity index is 1.27. The summed E-state index contributed by atoms with van der Waals surface area (Å²) in [4.78, 5) is 37.9. The summed E-state index contributed by atoms with van der Waals surface area (Å²) in [7, 11) is 0. The number of nitrogens with zero attached hydrogens (tertiary/aromatic N) is 1. The Morgan fingerprint density at radius 2 is 1.57 bits per heavy atom. The molecule has 1 fully saturated rings. The average molecular weight is 481 g/mol. The second-order valence-electron chi connectivity index (χ2n) is 9.28. The van der Waals surface area contributed by atoms with Crippen molar-refractivity contribution < 1.29 is 29.0 Å². The zero-order chi connectivity index (χ0) is 24.9. The molecule has 35 heavy (non-hydrogen) atoms. The van der Waals surface area contributed by atoms with Crippen LogP contribution in [0.25, 0.3) is 11.1 Å². The molecular formula is C27H32N2O6. The molecule has 0 aromatic heterocycles. The Hall–Kier alpha value is -3.39. The monoisotopic (exact) mass is 480 g/mol. The molecule has 2 aliphatic rings. The number of carboxylic acids is 1. The second-order valence-corrected chi connectivity index (χ2v) is 9.28. The van der Waals surface area contributed by atoms with Crippen LogP contribution < -0.4 is 5.32 Å². The summed E-state index contributed by atoms with van der Waals surface area (Å²) in [6, 6.07) is 15.9. The summed E-state index contributed by atoms with van der Waals surface area (Å²) in [6.45, 7) is 4.50. The van der Waals surface area contributed by atoms with Crippen molar-refractivity contribution in [1.29, 1.82) is 0 Å². The third-order valence-corrected chi connectivity index (χ3v) is 7.02. The molecule has 0 bridgehead atoms. The van der Waals surface area contributed by atoms with E-state index in [-0.39, 0.29) is 31.1 Å². The lowest BCUT2D eigenvalue weighted by atomic mass is 9.98. The first-order valence-corrected chi connectivity index (χ1v) is 12.1. The van der Waals surface area contributed by atoms with Gasteiger partial charge >= 0.3 is 12.1 Å². The summed E-state index contributed by atoms with van der Waals surface area (Å²) < 4.78 is 10.9. The summed E-state index contributed by atoms with van der Waals surface area (Å²) in [5, 5.41) is 11.6. The van der Waals surface area contributed by atoms with Gasteiger partial charge in [0.15, 0.2) is 0 Å². The molecular weight excluding hydrogens is 448 g/mol. The van der Waals surface area contributed by atoms with E-state index in [2.05, 4.69) is 29.6 Å². The predicted octanol–water partition coefficient (Wildman–Crippen LogP) is 3.64. The molecule has 8 nitrogen and oxygen atoms in total. The number of aliphatic carboxylic acids is 1. The lowest BCUT2D eigenvalue weighted by molar-refractivity contribution is -0.147. The lowest BCUT2D eigenvalue weighted by Gasteiger charge is -2.34. The minimum Gasteiger partial charge on any atom is -0.480 e.